The number of carboxylic acids is 1. The van der Waals surface area contributed by atoms with E-state index in [1.807, 2.05) is 30.9 Å². The van der Waals surface area contributed by atoms with E-state index >= 15 is 0 Å². The Balaban J connectivity index is 1.62. The molecule has 0 saturated heterocycles. The van der Waals surface area contributed by atoms with Gasteiger partial charge < -0.3 is 34.3 Å². The number of hydrogen-bond donors (Lipinski definition) is 3. The predicted molar refractivity (Wildman–Crippen MR) is 120 cm³/mol. The first-order valence-electron chi connectivity index (χ1n) is 10.7. The van der Waals surface area contributed by atoms with Gasteiger partial charge in [0.1, 0.15) is 6.04 Å². The van der Waals surface area contributed by atoms with Crippen molar-refractivity contribution in [2.45, 2.75) is 31.6 Å². The van der Waals surface area contributed by atoms with Crippen LogP contribution in [0, 0.1) is 0 Å². The Morgan fingerprint density at radius 3 is 2.61 bits per heavy atom. The van der Waals surface area contributed by atoms with E-state index in [1.165, 1.54) is 12.1 Å². The molecule has 1 aliphatic heterocycles. The van der Waals surface area contributed by atoms with Gasteiger partial charge in [-0.25, -0.2) is 4.98 Å². The minimum Gasteiger partial charge on any atom is -0.504 e. The monoisotopic (exact) mass is 453 g/mol. The quantitative estimate of drug-likeness (QED) is 0.424. The summed E-state index contributed by atoms with van der Waals surface area (Å²) in [6.07, 6.45) is 4.06. The molecule has 0 aliphatic carbocycles. The normalized spacial score (nSPS) is 15.7. The van der Waals surface area contributed by atoms with Crippen LogP contribution in [0.25, 0.3) is 0 Å². The van der Waals surface area contributed by atoms with E-state index in [-0.39, 0.29) is 17.9 Å². The number of nitrogens with zero attached hydrogens (tertiary/aromatic N) is 3. The molecule has 3 aromatic rings. The van der Waals surface area contributed by atoms with Gasteiger partial charge in [0.05, 0.1) is 12.0 Å². The van der Waals surface area contributed by atoms with Crippen LogP contribution >= 0.6 is 0 Å². The molecule has 0 radical (unpaired) electrons. The summed E-state index contributed by atoms with van der Waals surface area (Å²) in [7, 11) is 4.00. The third-order valence-electron chi connectivity index (χ3n) is 5.51. The topological polar surface area (TPSA) is 117 Å². The lowest BCUT2D eigenvalue weighted by atomic mass is 10.1. The van der Waals surface area contributed by atoms with Crippen LogP contribution in [0.3, 0.4) is 0 Å². The number of hydrogen-bond acceptors (Lipinski definition) is 7. The highest BCUT2D eigenvalue weighted by Gasteiger charge is 2.35. The average Bonchev–Trinajstić information content (AvgIpc) is 3.40. The zero-order chi connectivity index (χ0) is 23.5. The summed E-state index contributed by atoms with van der Waals surface area (Å²) in [4.78, 5) is 17.5. The van der Waals surface area contributed by atoms with Crippen molar-refractivity contribution in [3.63, 3.8) is 0 Å². The fraction of sp³-hybridized carbons (Fsp3) is 0.333. The van der Waals surface area contributed by atoms with E-state index in [4.69, 9.17) is 14.6 Å². The van der Waals surface area contributed by atoms with Gasteiger partial charge in [0, 0.05) is 25.6 Å². The number of aromatic hydroxyl groups is 2. The van der Waals surface area contributed by atoms with Crippen LogP contribution in [0.2, 0.25) is 0 Å². The minimum absolute atomic E-state index is 0.0310. The van der Waals surface area contributed by atoms with Crippen LogP contribution in [0.4, 0.5) is 0 Å². The maximum atomic E-state index is 10.9. The second-order valence-corrected chi connectivity index (χ2v) is 8.34. The first-order chi connectivity index (χ1) is 15.8. The second-order valence-electron chi connectivity index (χ2n) is 8.34. The number of aliphatic carboxylic acids is 1. The van der Waals surface area contributed by atoms with Crippen LogP contribution in [0.1, 0.15) is 29.3 Å². The molecule has 0 saturated carbocycles. The van der Waals surface area contributed by atoms with E-state index in [0.29, 0.717) is 23.5 Å². The SMILES string of the molecule is CN(C)CCc1cn(C(c2ccc(O)c(O)c2)C2Oc3ccc(CCC(=O)O)cc3O2)cn1. The van der Waals surface area contributed by atoms with Crippen LogP contribution in [-0.4, -0.2) is 62.7 Å². The van der Waals surface area contributed by atoms with Crippen LogP contribution in [0.15, 0.2) is 48.9 Å². The summed E-state index contributed by atoms with van der Waals surface area (Å²) in [5, 5.41) is 28.8. The minimum atomic E-state index is -0.858. The summed E-state index contributed by atoms with van der Waals surface area (Å²) < 4.78 is 14.1. The van der Waals surface area contributed by atoms with E-state index in [1.54, 1.807) is 24.5 Å². The Hall–Kier alpha value is -3.72. The number of phenolic OH excluding ortho intramolecular Hbond substituents is 2. The first-order valence-corrected chi connectivity index (χ1v) is 10.7. The third-order valence-corrected chi connectivity index (χ3v) is 5.51. The van der Waals surface area contributed by atoms with Gasteiger partial charge in [-0.05, 0) is 55.9 Å². The summed E-state index contributed by atoms with van der Waals surface area (Å²) >= 11 is 0. The van der Waals surface area contributed by atoms with Crippen molar-refractivity contribution in [1.82, 2.24) is 14.5 Å². The van der Waals surface area contributed by atoms with Crippen LogP contribution in [0.5, 0.6) is 23.0 Å². The molecule has 2 aromatic carbocycles. The number of aromatic nitrogens is 2. The van der Waals surface area contributed by atoms with Crippen LogP contribution < -0.4 is 9.47 Å². The lowest BCUT2D eigenvalue weighted by Crippen LogP contribution is -2.31. The molecule has 0 bridgehead atoms. The molecule has 9 heteroatoms. The lowest BCUT2D eigenvalue weighted by molar-refractivity contribution is -0.136. The maximum absolute atomic E-state index is 10.9. The summed E-state index contributed by atoms with van der Waals surface area (Å²) in [6.45, 7) is 0.850. The summed E-state index contributed by atoms with van der Waals surface area (Å²) in [5.74, 6) is -0.224. The Bertz CT molecular complexity index is 1140. The number of phenols is 2. The number of rotatable bonds is 9. The first kappa shape index (κ1) is 22.5. The van der Waals surface area contributed by atoms with Crippen molar-refractivity contribution in [1.29, 1.82) is 0 Å². The maximum Gasteiger partial charge on any atom is 0.303 e. The highest BCUT2D eigenvalue weighted by Crippen LogP contribution is 2.41. The average molecular weight is 453 g/mol. The van der Waals surface area contributed by atoms with Crippen molar-refractivity contribution in [2.75, 3.05) is 20.6 Å². The van der Waals surface area contributed by atoms with Gasteiger partial charge in [-0.2, -0.15) is 0 Å². The summed E-state index contributed by atoms with van der Waals surface area (Å²) in [6, 6.07) is 9.50. The third kappa shape index (κ3) is 5.20. The molecule has 2 unspecified atom stereocenters. The van der Waals surface area contributed by atoms with Gasteiger partial charge >= 0.3 is 5.97 Å². The largest absolute Gasteiger partial charge is 0.504 e. The Labute approximate surface area is 191 Å². The number of fused-ring (bicyclic) bond motifs is 1. The number of imidazole rings is 1. The summed E-state index contributed by atoms with van der Waals surface area (Å²) in [5.41, 5.74) is 2.42. The molecule has 1 aliphatic rings. The predicted octanol–water partition coefficient (Wildman–Crippen LogP) is 2.80. The molecule has 174 valence electrons. The number of aryl methyl sites for hydroxylation is 1. The van der Waals surface area contributed by atoms with Gasteiger partial charge in [0.2, 0.25) is 0 Å². The molecule has 1 aromatic heterocycles. The number of benzene rings is 2. The number of carbonyl (C=O) groups is 1. The molecular formula is C24H27N3O6. The molecular weight excluding hydrogens is 426 g/mol. The smallest absolute Gasteiger partial charge is 0.303 e. The number of ether oxygens (including phenoxy) is 2. The number of carboxylic acid groups (broad SMARTS) is 1. The lowest BCUT2D eigenvalue weighted by Gasteiger charge is -2.24. The fourth-order valence-corrected chi connectivity index (χ4v) is 3.75. The van der Waals surface area contributed by atoms with Crippen molar-refractivity contribution >= 4 is 5.97 Å². The highest BCUT2D eigenvalue weighted by atomic mass is 16.7. The van der Waals surface area contributed by atoms with E-state index < -0.39 is 18.3 Å². The molecule has 9 nitrogen and oxygen atoms in total. The molecule has 2 heterocycles. The van der Waals surface area contributed by atoms with Gasteiger partial charge in [0.15, 0.2) is 23.0 Å². The standard InChI is InChI=1S/C24H27N3O6/c1-26(2)10-9-17-13-27(14-25-17)23(16-5-6-18(28)19(29)12-16)24-32-20-7-3-15(4-8-22(30)31)11-21(20)33-24/h3,5-7,11-14,23-24,28-29H,4,8-10H2,1-2H3,(H,30,31). The molecule has 0 amide bonds. The number of likely N-dealkylation sites (N-methyl/N-ethyl adjacent to an activating group) is 1. The van der Waals surface area contributed by atoms with Gasteiger partial charge in [-0.3, -0.25) is 4.79 Å². The van der Waals surface area contributed by atoms with Crippen molar-refractivity contribution in [3.8, 4) is 23.0 Å². The van der Waals surface area contributed by atoms with E-state index in [2.05, 4.69) is 9.88 Å². The zero-order valence-electron chi connectivity index (χ0n) is 18.5. The van der Waals surface area contributed by atoms with Gasteiger partial charge in [0.25, 0.3) is 6.29 Å². The molecule has 0 fully saturated rings. The zero-order valence-corrected chi connectivity index (χ0v) is 18.5. The molecule has 2 atom stereocenters. The van der Waals surface area contributed by atoms with E-state index in [0.717, 1.165) is 24.2 Å². The molecule has 0 spiro atoms. The molecule has 3 N–H and O–H groups in total. The highest BCUT2D eigenvalue weighted by molar-refractivity contribution is 5.67. The van der Waals surface area contributed by atoms with Gasteiger partial charge in [-0.15, -0.1) is 0 Å². The Kier molecular flexibility index (Phi) is 6.41. The second kappa shape index (κ2) is 9.41. The van der Waals surface area contributed by atoms with Crippen molar-refractivity contribution in [3.05, 3.63) is 65.7 Å². The van der Waals surface area contributed by atoms with Crippen LogP contribution in [-0.2, 0) is 17.6 Å². The van der Waals surface area contributed by atoms with Gasteiger partial charge in [-0.1, -0.05) is 12.1 Å². The fourth-order valence-electron chi connectivity index (χ4n) is 3.75. The Morgan fingerprint density at radius 2 is 1.88 bits per heavy atom. The van der Waals surface area contributed by atoms with Crippen molar-refractivity contribution < 1.29 is 29.6 Å². The van der Waals surface area contributed by atoms with E-state index in [9.17, 15) is 15.0 Å². The molecule has 4 rings (SSSR count). The molecule has 33 heavy (non-hydrogen) atoms. The Morgan fingerprint density at radius 1 is 1.09 bits per heavy atom. The van der Waals surface area contributed by atoms with Crippen molar-refractivity contribution in [2.24, 2.45) is 0 Å².